The van der Waals surface area contributed by atoms with Crippen LogP contribution >= 0.6 is 0 Å². The van der Waals surface area contributed by atoms with Crippen molar-refractivity contribution in [2.24, 2.45) is 10.2 Å². The lowest BCUT2D eigenvalue weighted by Gasteiger charge is -2.14. The largest absolute Gasteiger partial charge is 0.441 e. The van der Waals surface area contributed by atoms with Crippen LogP contribution < -0.4 is 4.90 Å². The molecule has 3 heterocycles. The zero-order valence-electron chi connectivity index (χ0n) is 17.4. The molecule has 0 saturated carbocycles. The van der Waals surface area contributed by atoms with Crippen LogP contribution in [0.4, 0.5) is 10.5 Å². The van der Waals surface area contributed by atoms with E-state index in [0.29, 0.717) is 12.1 Å². The van der Waals surface area contributed by atoms with Crippen LogP contribution in [0.25, 0.3) is 11.1 Å². The Bertz CT molecular complexity index is 1090. The second-order valence-corrected chi connectivity index (χ2v) is 7.64. The lowest BCUT2D eigenvalue weighted by molar-refractivity contribution is 0.0830. The van der Waals surface area contributed by atoms with E-state index in [1.54, 1.807) is 11.9 Å². The molecule has 1 unspecified atom stereocenters. The highest BCUT2D eigenvalue weighted by molar-refractivity contribution is 5.94. The molecule has 0 spiro atoms. The second-order valence-electron chi connectivity index (χ2n) is 7.64. The van der Waals surface area contributed by atoms with E-state index in [2.05, 4.69) is 27.3 Å². The summed E-state index contributed by atoms with van der Waals surface area (Å²) < 4.78 is 5.23. The quantitative estimate of drug-likeness (QED) is 0.715. The number of pyridine rings is 1. The van der Waals surface area contributed by atoms with Gasteiger partial charge in [-0.3, -0.25) is 9.88 Å². The number of aliphatic hydroxyl groups is 1. The van der Waals surface area contributed by atoms with E-state index >= 15 is 0 Å². The lowest BCUT2D eigenvalue weighted by atomic mass is 9.99. The molecule has 4 rings (SSSR count). The van der Waals surface area contributed by atoms with Crippen LogP contribution in [-0.4, -0.2) is 42.0 Å². The van der Waals surface area contributed by atoms with Crippen molar-refractivity contribution in [1.82, 2.24) is 4.98 Å². The number of hydrogen-bond acceptors (Lipinski definition) is 7. The number of fused-ring (bicyclic) bond motifs is 3. The maximum absolute atomic E-state index is 12.1. The van der Waals surface area contributed by atoms with E-state index in [1.807, 2.05) is 43.5 Å². The molecule has 0 radical (unpaired) electrons. The fraction of sp³-hybridized carbons (Fsp3) is 0.348. The minimum atomic E-state index is -0.489. The number of ether oxygens (including phenoxy) is 1. The summed E-state index contributed by atoms with van der Waals surface area (Å²) in [5, 5.41) is 26.2. The van der Waals surface area contributed by atoms with E-state index in [-0.39, 0.29) is 25.0 Å². The number of anilines is 1. The van der Waals surface area contributed by atoms with Crippen molar-refractivity contribution in [3.8, 4) is 17.2 Å². The molecule has 31 heavy (non-hydrogen) atoms. The standard InChI is InChI=1S/C23H23N5O3/c1-14(9-18(7-8-24)27-25-2)19-5-3-16(12-26-19)15-4-6-20-17(10-15)11-21-22(13-29)31-23(30)28(20)21/h3-6,9-10,12,14,21-22,29H,7,11,13H2,1-2H3/b18-9-,27-25?/t14?,21-,22-/m0/s1. The molecule has 2 aliphatic heterocycles. The van der Waals surface area contributed by atoms with E-state index in [4.69, 9.17) is 10.00 Å². The van der Waals surface area contributed by atoms with Crippen LogP contribution in [0.2, 0.25) is 0 Å². The minimum Gasteiger partial charge on any atom is -0.441 e. The van der Waals surface area contributed by atoms with Crippen molar-refractivity contribution < 1.29 is 14.6 Å². The van der Waals surface area contributed by atoms with Gasteiger partial charge in [0.25, 0.3) is 0 Å². The highest BCUT2D eigenvalue weighted by Crippen LogP contribution is 2.40. The van der Waals surface area contributed by atoms with E-state index in [9.17, 15) is 9.90 Å². The Morgan fingerprint density at radius 3 is 2.90 bits per heavy atom. The smallest absolute Gasteiger partial charge is 0.415 e. The van der Waals surface area contributed by atoms with Gasteiger partial charge in [0.15, 0.2) is 0 Å². The highest BCUT2D eigenvalue weighted by Gasteiger charge is 2.47. The molecule has 2 aliphatic rings. The number of cyclic esters (lactones) is 1. The first-order chi connectivity index (χ1) is 15.0. The van der Waals surface area contributed by atoms with Crippen LogP contribution in [0.1, 0.15) is 30.5 Å². The Hall–Kier alpha value is -3.57. The van der Waals surface area contributed by atoms with Gasteiger partial charge in [0.2, 0.25) is 0 Å². The Balaban J connectivity index is 1.55. The van der Waals surface area contributed by atoms with Gasteiger partial charge in [0.1, 0.15) is 6.10 Å². The topological polar surface area (TPSA) is 111 Å². The molecule has 8 heteroatoms. The van der Waals surface area contributed by atoms with Crippen molar-refractivity contribution >= 4 is 11.8 Å². The number of allylic oxidation sites excluding steroid dienone is 2. The number of aliphatic hydroxyl groups excluding tert-OH is 1. The Morgan fingerprint density at radius 1 is 1.42 bits per heavy atom. The summed E-state index contributed by atoms with van der Waals surface area (Å²) in [7, 11) is 1.58. The van der Waals surface area contributed by atoms with Gasteiger partial charge in [0, 0.05) is 30.4 Å². The van der Waals surface area contributed by atoms with Crippen LogP contribution in [0.15, 0.2) is 58.5 Å². The third-order valence-electron chi connectivity index (χ3n) is 5.67. The summed E-state index contributed by atoms with van der Waals surface area (Å²) in [6.45, 7) is 1.82. The third kappa shape index (κ3) is 3.92. The predicted molar refractivity (Wildman–Crippen MR) is 115 cm³/mol. The van der Waals surface area contributed by atoms with Gasteiger partial charge in [-0.2, -0.15) is 15.5 Å². The van der Waals surface area contributed by atoms with Crippen LogP contribution in [0.3, 0.4) is 0 Å². The Kier molecular flexibility index (Phi) is 5.78. The number of nitriles is 1. The maximum Gasteiger partial charge on any atom is 0.415 e. The zero-order valence-corrected chi connectivity index (χ0v) is 17.4. The molecule has 8 nitrogen and oxygen atoms in total. The fourth-order valence-electron chi connectivity index (χ4n) is 4.17. The summed E-state index contributed by atoms with van der Waals surface area (Å²) in [6, 6.07) is 11.9. The third-order valence-corrected chi connectivity index (χ3v) is 5.67. The summed E-state index contributed by atoms with van der Waals surface area (Å²) in [5.74, 6) is -0.00322. The molecule has 1 aromatic carbocycles. The van der Waals surface area contributed by atoms with E-state index in [1.165, 1.54) is 0 Å². The number of carbonyl (C=O) groups excluding carboxylic acids is 1. The zero-order chi connectivity index (χ0) is 22.0. The number of nitrogens with zero attached hydrogens (tertiary/aromatic N) is 5. The monoisotopic (exact) mass is 417 g/mol. The van der Waals surface area contributed by atoms with Gasteiger partial charge >= 0.3 is 6.09 Å². The molecule has 0 aliphatic carbocycles. The molecule has 1 aromatic heterocycles. The molecule has 1 amide bonds. The number of amides is 1. The normalized spacial score (nSPS) is 21.0. The SMILES string of the molecule is CN=N/C(=C\C(C)c1ccc(-c2ccc3c(c2)C[C@H]2[C@H](CO)OC(=O)N32)cn1)CC#N. The molecule has 0 bridgehead atoms. The number of azo groups is 1. The summed E-state index contributed by atoms with van der Waals surface area (Å²) in [6.07, 6.45) is 3.70. The fourth-order valence-corrected chi connectivity index (χ4v) is 4.17. The number of hydrogen-bond donors (Lipinski definition) is 1. The molecule has 2 aromatic rings. The van der Waals surface area contributed by atoms with Gasteiger partial charge in [-0.25, -0.2) is 4.79 Å². The van der Waals surface area contributed by atoms with Crippen molar-refractivity contribution in [2.45, 2.75) is 37.8 Å². The van der Waals surface area contributed by atoms with Gasteiger partial charge in [-0.1, -0.05) is 25.1 Å². The molecule has 1 N–H and O–H groups in total. The molecule has 1 saturated heterocycles. The Labute approximate surface area is 180 Å². The van der Waals surface area contributed by atoms with Crippen LogP contribution in [-0.2, 0) is 11.2 Å². The minimum absolute atomic E-state index is 0.00322. The average molecular weight is 417 g/mol. The van der Waals surface area contributed by atoms with Crippen molar-refractivity contribution in [3.05, 3.63) is 59.6 Å². The first-order valence-electron chi connectivity index (χ1n) is 10.1. The van der Waals surface area contributed by atoms with Crippen molar-refractivity contribution in [1.29, 1.82) is 5.26 Å². The van der Waals surface area contributed by atoms with E-state index in [0.717, 1.165) is 28.1 Å². The molecular weight excluding hydrogens is 394 g/mol. The van der Waals surface area contributed by atoms with Crippen LogP contribution in [0.5, 0.6) is 0 Å². The number of benzene rings is 1. The summed E-state index contributed by atoms with van der Waals surface area (Å²) in [4.78, 5) is 18.4. The first kappa shape index (κ1) is 20.7. The number of carbonyl (C=O) groups is 1. The summed E-state index contributed by atoms with van der Waals surface area (Å²) >= 11 is 0. The van der Waals surface area contributed by atoms with Crippen molar-refractivity contribution in [2.75, 3.05) is 18.6 Å². The van der Waals surface area contributed by atoms with E-state index < -0.39 is 12.2 Å². The summed E-state index contributed by atoms with van der Waals surface area (Å²) in [5.41, 5.74) is 5.39. The van der Waals surface area contributed by atoms with Gasteiger partial charge in [-0.15, -0.1) is 0 Å². The average Bonchev–Trinajstić information content (AvgIpc) is 3.30. The highest BCUT2D eigenvalue weighted by atomic mass is 16.6. The maximum atomic E-state index is 12.1. The predicted octanol–water partition coefficient (Wildman–Crippen LogP) is 3.97. The molecule has 3 atom stereocenters. The molecule has 1 fully saturated rings. The van der Waals surface area contributed by atoms with Gasteiger partial charge in [0.05, 0.1) is 36.5 Å². The van der Waals surface area contributed by atoms with Crippen LogP contribution in [0, 0.1) is 11.3 Å². The van der Waals surface area contributed by atoms with Crippen molar-refractivity contribution in [3.63, 3.8) is 0 Å². The first-order valence-corrected chi connectivity index (χ1v) is 10.1. The van der Waals surface area contributed by atoms with Gasteiger partial charge in [-0.05, 0) is 35.7 Å². The lowest BCUT2D eigenvalue weighted by Crippen LogP contribution is -2.34. The number of aromatic nitrogens is 1. The molecule has 158 valence electrons. The van der Waals surface area contributed by atoms with Gasteiger partial charge < -0.3 is 9.84 Å². The second kappa shape index (κ2) is 8.66. The molecular formula is C23H23N5O3. The Morgan fingerprint density at radius 2 is 2.23 bits per heavy atom. The number of rotatable bonds is 6.